The lowest BCUT2D eigenvalue weighted by atomic mass is 9.99. The van der Waals surface area contributed by atoms with Gasteiger partial charge in [-0.15, -0.1) is 0 Å². The Balaban J connectivity index is 1.71. The van der Waals surface area contributed by atoms with Gasteiger partial charge in [0.2, 0.25) is 0 Å². The van der Waals surface area contributed by atoms with E-state index in [1.807, 2.05) is 20.8 Å². The zero-order chi connectivity index (χ0) is 27.4. The molecule has 0 spiro atoms. The van der Waals surface area contributed by atoms with E-state index in [4.69, 9.17) is 14.2 Å². The minimum atomic E-state index is -1.92. The van der Waals surface area contributed by atoms with Crippen LogP contribution in [0.3, 0.4) is 0 Å². The van der Waals surface area contributed by atoms with Crippen molar-refractivity contribution in [3.05, 3.63) is 101 Å². The minimum Gasteiger partial charge on any atom is -0.452 e. The Bertz CT molecular complexity index is 1290. The summed E-state index contributed by atoms with van der Waals surface area (Å²) < 4.78 is 30.9. The van der Waals surface area contributed by atoms with Crippen LogP contribution in [0.5, 0.6) is 0 Å². The van der Waals surface area contributed by atoms with Crippen molar-refractivity contribution in [2.24, 2.45) is 0 Å². The molecule has 6 atom stereocenters. The zero-order valence-corrected chi connectivity index (χ0v) is 22.1. The zero-order valence-electron chi connectivity index (χ0n) is 21.3. The van der Waals surface area contributed by atoms with E-state index < -0.39 is 59.2 Å². The summed E-state index contributed by atoms with van der Waals surface area (Å²) >= 11 is 0. The molecule has 3 aromatic rings. The van der Waals surface area contributed by atoms with Gasteiger partial charge in [0.15, 0.2) is 17.6 Å². The van der Waals surface area contributed by atoms with Gasteiger partial charge in [-0.3, -0.25) is 4.21 Å². The van der Waals surface area contributed by atoms with E-state index >= 15 is 0 Å². The Morgan fingerprint density at radius 3 is 1.63 bits per heavy atom. The van der Waals surface area contributed by atoms with Crippen molar-refractivity contribution in [2.45, 2.75) is 55.5 Å². The second kappa shape index (κ2) is 12.0. The number of ether oxygens (including phenoxy) is 3. The number of aliphatic hydroxyl groups is 2. The molecule has 2 N–H and O–H groups in total. The molecule has 0 saturated carbocycles. The van der Waals surface area contributed by atoms with Crippen LogP contribution in [-0.4, -0.2) is 62.8 Å². The summed E-state index contributed by atoms with van der Waals surface area (Å²) in [4.78, 5) is 26.5. The van der Waals surface area contributed by atoms with Gasteiger partial charge in [0, 0.05) is 4.90 Å². The van der Waals surface area contributed by atoms with E-state index in [0.29, 0.717) is 4.90 Å². The molecule has 1 unspecified atom stereocenters. The van der Waals surface area contributed by atoms with E-state index in [1.165, 1.54) is 0 Å². The molecule has 3 aromatic carbocycles. The number of benzene rings is 3. The Labute approximate surface area is 223 Å². The molecule has 0 aliphatic carbocycles. The average molecular weight is 539 g/mol. The molecule has 200 valence electrons. The summed E-state index contributed by atoms with van der Waals surface area (Å²) in [6, 6.07) is 20.1. The molecule has 0 amide bonds. The highest BCUT2D eigenvalue weighted by atomic mass is 32.2. The van der Waals surface area contributed by atoms with Crippen LogP contribution in [0.15, 0.2) is 77.7 Å². The van der Waals surface area contributed by atoms with Crippen LogP contribution in [-0.2, 0) is 25.0 Å². The van der Waals surface area contributed by atoms with Crippen LogP contribution in [0.25, 0.3) is 0 Å². The first kappa shape index (κ1) is 27.7. The van der Waals surface area contributed by atoms with Gasteiger partial charge < -0.3 is 24.4 Å². The molecular weight excluding hydrogens is 508 g/mol. The first-order valence-corrected chi connectivity index (χ1v) is 13.4. The molecule has 0 bridgehead atoms. The van der Waals surface area contributed by atoms with Crippen LogP contribution < -0.4 is 0 Å². The number of esters is 2. The second-order valence-electron chi connectivity index (χ2n) is 9.30. The number of hydrogen-bond donors (Lipinski definition) is 2. The van der Waals surface area contributed by atoms with Crippen molar-refractivity contribution < 1.29 is 38.2 Å². The third-order valence-corrected chi connectivity index (χ3v) is 7.86. The fourth-order valence-corrected chi connectivity index (χ4v) is 5.41. The molecular formula is C29H30O8S. The van der Waals surface area contributed by atoms with E-state index in [2.05, 4.69) is 0 Å². The predicted octanol–water partition coefficient (Wildman–Crippen LogP) is 3.25. The molecule has 8 nitrogen and oxygen atoms in total. The predicted molar refractivity (Wildman–Crippen MR) is 140 cm³/mol. The topological polar surface area (TPSA) is 119 Å². The molecule has 1 aliphatic heterocycles. The summed E-state index contributed by atoms with van der Waals surface area (Å²) in [5, 5.41) is 20.9. The largest absolute Gasteiger partial charge is 0.452 e. The third kappa shape index (κ3) is 6.19. The van der Waals surface area contributed by atoms with E-state index in [-0.39, 0.29) is 11.1 Å². The van der Waals surface area contributed by atoms with Gasteiger partial charge in [0.25, 0.3) is 0 Å². The second-order valence-corrected chi connectivity index (χ2v) is 10.8. The molecule has 1 fully saturated rings. The first-order valence-electron chi connectivity index (χ1n) is 12.1. The van der Waals surface area contributed by atoms with Crippen molar-refractivity contribution in [1.82, 2.24) is 0 Å². The van der Waals surface area contributed by atoms with Gasteiger partial charge in [-0.2, -0.15) is 0 Å². The number of hydrogen-bond acceptors (Lipinski definition) is 8. The molecule has 0 radical (unpaired) electrons. The van der Waals surface area contributed by atoms with Crippen molar-refractivity contribution in [2.75, 3.05) is 6.61 Å². The van der Waals surface area contributed by atoms with Crippen LogP contribution in [0, 0.1) is 20.8 Å². The van der Waals surface area contributed by atoms with Crippen molar-refractivity contribution in [1.29, 1.82) is 0 Å². The average Bonchev–Trinajstić information content (AvgIpc) is 2.91. The Morgan fingerprint density at radius 2 is 1.18 bits per heavy atom. The van der Waals surface area contributed by atoms with Gasteiger partial charge in [0.1, 0.15) is 12.2 Å². The molecule has 1 heterocycles. The van der Waals surface area contributed by atoms with E-state index in [0.717, 1.165) is 16.7 Å². The summed E-state index contributed by atoms with van der Waals surface area (Å²) in [7, 11) is -1.92. The maximum Gasteiger partial charge on any atom is 0.338 e. The Kier molecular flexibility index (Phi) is 8.73. The highest BCUT2D eigenvalue weighted by Crippen LogP contribution is 2.31. The van der Waals surface area contributed by atoms with E-state index in [1.54, 1.807) is 72.8 Å². The lowest BCUT2D eigenvalue weighted by Gasteiger charge is -2.42. The van der Waals surface area contributed by atoms with Crippen molar-refractivity contribution in [3.8, 4) is 0 Å². The van der Waals surface area contributed by atoms with Crippen molar-refractivity contribution >= 4 is 22.7 Å². The fraction of sp³-hybridized carbons (Fsp3) is 0.310. The molecule has 4 rings (SSSR count). The smallest absolute Gasteiger partial charge is 0.338 e. The number of aryl methyl sites for hydroxylation is 3. The number of aliphatic hydroxyl groups excluding tert-OH is 2. The maximum absolute atomic E-state index is 13.7. The SMILES string of the molecule is Cc1ccc(C(=O)O[C@@H]2[C@@H](OC(=O)c3ccc(C)cc3)[C@H](O)[C@@H](CO)O[C@H]2S(=O)c2ccc(C)cc2)cc1. The van der Waals surface area contributed by atoms with Gasteiger partial charge in [-0.05, 0) is 57.2 Å². The van der Waals surface area contributed by atoms with Gasteiger partial charge in [0.05, 0.1) is 28.5 Å². The van der Waals surface area contributed by atoms with Crippen LogP contribution >= 0.6 is 0 Å². The van der Waals surface area contributed by atoms with Gasteiger partial charge in [-0.25, -0.2) is 9.59 Å². The molecule has 0 aromatic heterocycles. The monoisotopic (exact) mass is 538 g/mol. The summed E-state index contributed by atoms with van der Waals surface area (Å²) in [6.45, 7) is 4.99. The maximum atomic E-state index is 13.7. The Morgan fingerprint density at radius 1 is 0.763 bits per heavy atom. The normalized spacial score (nSPS) is 23.9. The standard InChI is InChI=1S/C29H30O8S/c1-17-4-10-20(11-5-17)27(32)36-25-24(31)23(16-30)35-29(38(34)22-14-8-19(3)9-15-22)26(25)37-28(33)21-12-6-18(2)7-13-21/h4-15,23-26,29-31H,16H2,1-3H3/t23-,24-,25+,26-,29+,38?/m1/s1. The lowest BCUT2D eigenvalue weighted by molar-refractivity contribution is -0.207. The Hall–Kier alpha value is -3.37. The number of carbonyl (C=O) groups excluding carboxylic acids is 2. The quantitative estimate of drug-likeness (QED) is 0.440. The highest BCUT2D eigenvalue weighted by molar-refractivity contribution is 7.85. The molecule has 1 saturated heterocycles. The molecule has 38 heavy (non-hydrogen) atoms. The fourth-order valence-electron chi connectivity index (χ4n) is 4.04. The molecule has 1 aliphatic rings. The minimum absolute atomic E-state index is 0.217. The highest BCUT2D eigenvalue weighted by Gasteiger charge is 2.52. The van der Waals surface area contributed by atoms with Gasteiger partial charge in [-0.1, -0.05) is 53.1 Å². The van der Waals surface area contributed by atoms with Crippen LogP contribution in [0.4, 0.5) is 0 Å². The number of carbonyl (C=O) groups is 2. The van der Waals surface area contributed by atoms with Gasteiger partial charge >= 0.3 is 11.9 Å². The number of rotatable bonds is 7. The summed E-state index contributed by atoms with van der Waals surface area (Å²) in [6.07, 6.45) is -5.71. The first-order chi connectivity index (χ1) is 18.2. The third-order valence-electron chi connectivity index (χ3n) is 6.32. The van der Waals surface area contributed by atoms with E-state index in [9.17, 15) is 24.0 Å². The van der Waals surface area contributed by atoms with Crippen LogP contribution in [0.2, 0.25) is 0 Å². The lowest BCUT2D eigenvalue weighted by Crippen LogP contribution is -2.62. The molecule has 9 heteroatoms. The summed E-state index contributed by atoms with van der Waals surface area (Å²) in [5.41, 5.74) is 1.92. The summed E-state index contributed by atoms with van der Waals surface area (Å²) in [5.74, 6) is -1.54. The van der Waals surface area contributed by atoms with Crippen LogP contribution in [0.1, 0.15) is 37.4 Å². The van der Waals surface area contributed by atoms with Crippen molar-refractivity contribution in [3.63, 3.8) is 0 Å².